The monoisotopic (exact) mass is 367 g/mol. The molecule has 0 unspecified atom stereocenters. The van der Waals surface area contributed by atoms with Gasteiger partial charge in [-0.2, -0.15) is 0 Å². The van der Waals surface area contributed by atoms with Gasteiger partial charge >= 0.3 is 0 Å². The van der Waals surface area contributed by atoms with E-state index in [-0.39, 0.29) is 6.10 Å². The van der Waals surface area contributed by atoms with Crippen LogP contribution in [0.5, 0.6) is 0 Å². The van der Waals surface area contributed by atoms with Crippen LogP contribution in [0.1, 0.15) is 31.7 Å². The summed E-state index contributed by atoms with van der Waals surface area (Å²) >= 11 is 5.80. The van der Waals surface area contributed by atoms with Gasteiger partial charge in [-0.05, 0) is 50.8 Å². The Labute approximate surface area is 155 Å². The van der Waals surface area contributed by atoms with Crippen molar-refractivity contribution in [1.82, 2.24) is 20.5 Å². The number of hydrogen-bond acceptors (Lipinski definition) is 4. The average Bonchev–Trinajstić information content (AvgIpc) is 2.62. The average molecular weight is 368 g/mol. The lowest BCUT2D eigenvalue weighted by atomic mass is 10.1. The Morgan fingerprint density at radius 1 is 1.36 bits per heavy atom. The Morgan fingerprint density at radius 3 is 2.84 bits per heavy atom. The molecule has 1 aromatic heterocycles. The Balaban J connectivity index is 1.66. The minimum Gasteiger partial charge on any atom is -0.393 e. The molecule has 0 aromatic carbocycles. The smallest absolute Gasteiger partial charge is 0.191 e. The van der Waals surface area contributed by atoms with Crippen molar-refractivity contribution in [3.8, 4) is 0 Å². The summed E-state index contributed by atoms with van der Waals surface area (Å²) in [7, 11) is 0. The molecular formula is C18H30ClN5O. The molecule has 1 aromatic rings. The zero-order valence-electron chi connectivity index (χ0n) is 15.0. The Hall–Kier alpha value is -1.37. The van der Waals surface area contributed by atoms with Gasteiger partial charge < -0.3 is 20.6 Å². The molecule has 1 saturated heterocycles. The maximum Gasteiger partial charge on any atom is 0.191 e. The lowest BCUT2D eigenvalue weighted by Crippen LogP contribution is -2.39. The lowest BCUT2D eigenvalue weighted by Gasteiger charge is -2.29. The maximum atomic E-state index is 9.53. The summed E-state index contributed by atoms with van der Waals surface area (Å²) in [4.78, 5) is 11.1. The van der Waals surface area contributed by atoms with E-state index in [2.05, 4.69) is 32.4 Å². The van der Waals surface area contributed by atoms with Gasteiger partial charge in [-0.1, -0.05) is 17.7 Å². The van der Waals surface area contributed by atoms with Crippen LogP contribution in [0.4, 0.5) is 0 Å². The van der Waals surface area contributed by atoms with Gasteiger partial charge in [0.25, 0.3) is 0 Å². The fourth-order valence-electron chi connectivity index (χ4n) is 2.85. The van der Waals surface area contributed by atoms with Crippen molar-refractivity contribution >= 4 is 17.6 Å². The second-order valence-electron chi connectivity index (χ2n) is 6.35. The summed E-state index contributed by atoms with van der Waals surface area (Å²) in [5, 5.41) is 16.7. The summed E-state index contributed by atoms with van der Waals surface area (Å²) in [6, 6.07) is 3.81. The van der Waals surface area contributed by atoms with E-state index in [1.807, 2.05) is 18.3 Å². The van der Waals surface area contributed by atoms with Crippen molar-refractivity contribution in [2.45, 2.75) is 38.7 Å². The molecule has 0 atom stereocenters. The minimum absolute atomic E-state index is 0.102. The highest BCUT2D eigenvalue weighted by Gasteiger charge is 2.15. The van der Waals surface area contributed by atoms with E-state index >= 15 is 0 Å². The highest BCUT2D eigenvalue weighted by Crippen LogP contribution is 2.09. The van der Waals surface area contributed by atoms with E-state index in [1.165, 1.54) is 0 Å². The van der Waals surface area contributed by atoms with Crippen LogP contribution in [-0.4, -0.2) is 66.3 Å². The van der Waals surface area contributed by atoms with Crippen LogP contribution in [0, 0.1) is 0 Å². The first-order chi connectivity index (χ1) is 12.2. The van der Waals surface area contributed by atoms with Gasteiger partial charge in [0, 0.05) is 38.9 Å². The molecule has 140 valence electrons. The summed E-state index contributed by atoms with van der Waals surface area (Å²) < 4.78 is 0. The number of aliphatic hydroxyl groups is 1. The van der Waals surface area contributed by atoms with E-state index in [9.17, 15) is 5.11 Å². The van der Waals surface area contributed by atoms with Crippen LogP contribution < -0.4 is 10.6 Å². The number of hydrogen-bond donors (Lipinski definition) is 3. The van der Waals surface area contributed by atoms with E-state index in [0.29, 0.717) is 5.15 Å². The van der Waals surface area contributed by atoms with Gasteiger partial charge in [-0.15, -0.1) is 0 Å². The number of guanidine groups is 1. The third kappa shape index (κ3) is 8.03. The molecule has 25 heavy (non-hydrogen) atoms. The van der Waals surface area contributed by atoms with Gasteiger partial charge in [-0.3, -0.25) is 4.99 Å². The molecule has 1 fully saturated rings. The summed E-state index contributed by atoms with van der Waals surface area (Å²) in [6.45, 7) is 7.57. The Morgan fingerprint density at radius 2 is 2.16 bits per heavy atom. The molecule has 0 saturated carbocycles. The number of halogens is 1. The van der Waals surface area contributed by atoms with Crippen LogP contribution in [0.15, 0.2) is 23.3 Å². The number of aromatic nitrogens is 1. The summed E-state index contributed by atoms with van der Waals surface area (Å²) in [5.41, 5.74) is 1.15. The van der Waals surface area contributed by atoms with Gasteiger partial charge in [0.2, 0.25) is 0 Å². The van der Waals surface area contributed by atoms with Crippen LogP contribution in [-0.2, 0) is 6.42 Å². The standard InChI is InChI=1S/C18H30ClN5O/c1-2-20-18(22-10-6-15-4-5-17(19)23-14-15)21-9-3-11-24-12-7-16(25)8-13-24/h4-5,14,16,25H,2-3,6-13H2,1H3,(H2,20,21,22). The van der Waals surface area contributed by atoms with Crippen molar-refractivity contribution in [3.05, 3.63) is 29.0 Å². The van der Waals surface area contributed by atoms with E-state index in [1.54, 1.807) is 0 Å². The number of aliphatic imine (C=N–C) groups is 1. The van der Waals surface area contributed by atoms with Crippen LogP contribution in [0.2, 0.25) is 5.15 Å². The Kier molecular flexibility index (Phi) is 9.00. The molecule has 6 nitrogen and oxygen atoms in total. The number of rotatable bonds is 8. The molecule has 0 bridgehead atoms. The van der Waals surface area contributed by atoms with E-state index in [0.717, 1.165) is 76.5 Å². The minimum atomic E-state index is -0.102. The second-order valence-corrected chi connectivity index (χ2v) is 6.74. The van der Waals surface area contributed by atoms with Gasteiger partial charge in [0.15, 0.2) is 5.96 Å². The maximum absolute atomic E-state index is 9.53. The Bertz CT molecular complexity index is 515. The van der Waals surface area contributed by atoms with Gasteiger partial charge in [-0.25, -0.2) is 4.98 Å². The third-order valence-electron chi connectivity index (χ3n) is 4.30. The normalized spacial score (nSPS) is 16.8. The zero-order valence-corrected chi connectivity index (χ0v) is 15.8. The fraction of sp³-hybridized carbons (Fsp3) is 0.667. The molecule has 0 amide bonds. The van der Waals surface area contributed by atoms with Crippen LogP contribution >= 0.6 is 11.6 Å². The molecule has 2 rings (SSSR count). The van der Waals surface area contributed by atoms with Gasteiger partial charge in [0.05, 0.1) is 6.10 Å². The molecule has 0 aliphatic carbocycles. The van der Waals surface area contributed by atoms with Crippen molar-refractivity contribution in [2.24, 2.45) is 4.99 Å². The van der Waals surface area contributed by atoms with Crippen LogP contribution in [0.25, 0.3) is 0 Å². The molecule has 0 radical (unpaired) electrons. The number of nitrogens with zero attached hydrogens (tertiary/aromatic N) is 3. The quantitative estimate of drug-likeness (QED) is 0.282. The molecule has 1 aliphatic heterocycles. The first kappa shape index (κ1) is 19.9. The first-order valence-electron chi connectivity index (χ1n) is 9.20. The van der Waals surface area contributed by atoms with E-state index < -0.39 is 0 Å². The highest BCUT2D eigenvalue weighted by molar-refractivity contribution is 6.29. The molecule has 3 N–H and O–H groups in total. The topological polar surface area (TPSA) is 72.8 Å². The predicted octanol–water partition coefficient (Wildman–Crippen LogP) is 1.68. The molecule has 1 aliphatic rings. The van der Waals surface area contributed by atoms with Crippen molar-refractivity contribution < 1.29 is 5.11 Å². The molecule has 0 spiro atoms. The fourth-order valence-corrected chi connectivity index (χ4v) is 2.96. The van der Waals surface area contributed by atoms with E-state index in [4.69, 9.17) is 11.6 Å². The van der Waals surface area contributed by atoms with Crippen LogP contribution in [0.3, 0.4) is 0 Å². The second kappa shape index (κ2) is 11.3. The van der Waals surface area contributed by atoms with Crippen molar-refractivity contribution in [1.29, 1.82) is 0 Å². The predicted molar refractivity (Wildman–Crippen MR) is 103 cm³/mol. The summed E-state index contributed by atoms with van der Waals surface area (Å²) in [5.74, 6) is 0.860. The number of aliphatic hydroxyl groups excluding tert-OH is 1. The number of piperidine rings is 1. The molecular weight excluding hydrogens is 338 g/mol. The number of pyridine rings is 1. The number of nitrogens with one attached hydrogen (secondary N) is 2. The van der Waals surface area contributed by atoms with Crippen molar-refractivity contribution in [2.75, 3.05) is 39.3 Å². The van der Waals surface area contributed by atoms with Gasteiger partial charge in [0.1, 0.15) is 5.15 Å². The first-order valence-corrected chi connectivity index (χ1v) is 9.58. The third-order valence-corrected chi connectivity index (χ3v) is 4.52. The largest absolute Gasteiger partial charge is 0.393 e. The SMILES string of the molecule is CCNC(=NCCCN1CCC(O)CC1)NCCc1ccc(Cl)nc1. The highest BCUT2D eigenvalue weighted by atomic mass is 35.5. The van der Waals surface area contributed by atoms with Crippen molar-refractivity contribution in [3.63, 3.8) is 0 Å². The number of likely N-dealkylation sites (tertiary alicyclic amines) is 1. The summed E-state index contributed by atoms with van der Waals surface area (Å²) in [6.07, 6.45) is 5.41. The molecule has 2 heterocycles. The zero-order chi connectivity index (χ0) is 17.9. The lowest BCUT2D eigenvalue weighted by molar-refractivity contribution is 0.0824. The molecule has 7 heteroatoms.